The first-order valence-electron chi connectivity index (χ1n) is 9.40. The van der Waals surface area contributed by atoms with Crippen LogP contribution in [0.25, 0.3) is 0 Å². The van der Waals surface area contributed by atoms with Gasteiger partial charge in [0.15, 0.2) is 0 Å². The molecule has 0 saturated carbocycles. The maximum absolute atomic E-state index is 12.4. The van der Waals surface area contributed by atoms with Crippen molar-refractivity contribution in [3.8, 4) is 5.75 Å². The van der Waals surface area contributed by atoms with Crippen molar-refractivity contribution in [2.75, 3.05) is 11.3 Å². The van der Waals surface area contributed by atoms with Gasteiger partial charge in [-0.25, -0.2) is 8.42 Å². The summed E-state index contributed by atoms with van der Waals surface area (Å²) in [5.41, 5.74) is 5.58. The van der Waals surface area contributed by atoms with Crippen LogP contribution in [0.2, 0.25) is 0 Å². The number of hydrogen-bond acceptors (Lipinski definition) is 5. The Balaban J connectivity index is 1.59. The van der Waals surface area contributed by atoms with Crippen LogP contribution in [0.5, 0.6) is 5.75 Å². The number of anilines is 1. The zero-order valence-corrected chi connectivity index (χ0v) is 17.5. The minimum Gasteiger partial charge on any atom is -0.494 e. The molecule has 0 aromatic heterocycles. The minimum atomic E-state index is -3.79. The van der Waals surface area contributed by atoms with Crippen molar-refractivity contribution in [1.29, 1.82) is 0 Å². The van der Waals surface area contributed by atoms with E-state index in [2.05, 4.69) is 15.6 Å². The highest BCUT2D eigenvalue weighted by Gasteiger charge is 2.15. The van der Waals surface area contributed by atoms with Gasteiger partial charge in [-0.05, 0) is 67.6 Å². The van der Waals surface area contributed by atoms with Crippen LogP contribution in [0.1, 0.15) is 27.6 Å². The maximum atomic E-state index is 12.4. The number of rotatable bonds is 7. The lowest BCUT2D eigenvalue weighted by Crippen LogP contribution is -2.41. The van der Waals surface area contributed by atoms with Crippen LogP contribution >= 0.6 is 0 Å². The molecule has 0 aliphatic carbocycles. The highest BCUT2D eigenvalue weighted by Crippen LogP contribution is 2.16. The van der Waals surface area contributed by atoms with Crippen LogP contribution in [0.15, 0.2) is 83.8 Å². The van der Waals surface area contributed by atoms with Crippen molar-refractivity contribution in [1.82, 2.24) is 10.9 Å². The lowest BCUT2D eigenvalue weighted by Gasteiger charge is -2.10. The SMILES string of the molecule is CCOc1ccc(C(=O)NNC(=O)c2ccc(S(=O)(=O)Nc3ccccc3)cc2)cc1. The summed E-state index contributed by atoms with van der Waals surface area (Å²) in [4.78, 5) is 24.4. The molecule has 3 aromatic rings. The molecule has 0 atom stereocenters. The Morgan fingerprint density at radius 3 is 1.81 bits per heavy atom. The molecule has 0 fully saturated rings. The van der Waals surface area contributed by atoms with Gasteiger partial charge in [-0.15, -0.1) is 0 Å². The summed E-state index contributed by atoms with van der Waals surface area (Å²) < 4.78 is 32.7. The fourth-order valence-corrected chi connectivity index (χ4v) is 3.69. The molecule has 0 heterocycles. The van der Waals surface area contributed by atoms with Gasteiger partial charge >= 0.3 is 0 Å². The average Bonchev–Trinajstić information content (AvgIpc) is 2.78. The number of hydrazine groups is 1. The second kappa shape index (κ2) is 9.77. The van der Waals surface area contributed by atoms with Gasteiger partial charge in [0.2, 0.25) is 0 Å². The number of amides is 2. The van der Waals surface area contributed by atoms with Crippen molar-refractivity contribution in [3.05, 3.63) is 90.0 Å². The Morgan fingerprint density at radius 1 is 0.774 bits per heavy atom. The Hall–Kier alpha value is -3.85. The third-order valence-electron chi connectivity index (χ3n) is 4.17. The summed E-state index contributed by atoms with van der Waals surface area (Å²) in [6.07, 6.45) is 0. The van der Waals surface area contributed by atoms with Gasteiger partial charge in [0.1, 0.15) is 5.75 Å². The Bertz CT molecular complexity index is 1150. The molecule has 3 aromatic carbocycles. The topological polar surface area (TPSA) is 114 Å². The van der Waals surface area contributed by atoms with Crippen molar-refractivity contribution in [2.24, 2.45) is 0 Å². The molecule has 2 amide bonds. The normalized spacial score (nSPS) is 10.7. The second-order valence-corrected chi connectivity index (χ2v) is 8.04. The minimum absolute atomic E-state index is 0.00586. The summed E-state index contributed by atoms with van der Waals surface area (Å²) in [5, 5.41) is 0. The lowest BCUT2D eigenvalue weighted by molar-refractivity contribution is 0.0846. The van der Waals surface area contributed by atoms with Crippen LogP contribution < -0.4 is 20.3 Å². The first-order chi connectivity index (χ1) is 14.9. The molecule has 8 nitrogen and oxygen atoms in total. The molecule has 3 N–H and O–H groups in total. The fraction of sp³-hybridized carbons (Fsp3) is 0.0909. The third kappa shape index (κ3) is 5.83. The maximum Gasteiger partial charge on any atom is 0.269 e. The van der Waals surface area contributed by atoms with Crippen LogP contribution in [-0.2, 0) is 10.0 Å². The Labute approximate surface area is 180 Å². The molecule has 31 heavy (non-hydrogen) atoms. The number of nitrogens with one attached hydrogen (secondary N) is 3. The molecule has 0 unspecified atom stereocenters. The number of carbonyl (C=O) groups is 2. The van der Waals surface area contributed by atoms with E-state index in [0.717, 1.165) is 0 Å². The van der Waals surface area contributed by atoms with Gasteiger partial charge < -0.3 is 4.74 Å². The molecule has 3 rings (SSSR count). The summed E-state index contributed by atoms with van der Waals surface area (Å²) >= 11 is 0. The lowest BCUT2D eigenvalue weighted by atomic mass is 10.2. The highest BCUT2D eigenvalue weighted by molar-refractivity contribution is 7.92. The first kappa shape index (κ1) is 21.8. The largest absolute Gasteiger partial charge is 0.494 e. The quantitative estimate of drug-likeness (QED) is 0.490. The van der Waals surface area contributed by atoms with E-state index in [1.807, 2.05) is 6.92 Å². The molecule has 0 radical (unpaired) electrons. The smallest absolute Gasteiger partial charge is 0.269 e. The van der Waals surface area contributed by atoms with Crippen LogP contribution in [0.4, 0.5) is 5.69 Å². The average molecular weight is 439 g/mol. The second-order valence-electron chi connectivity index (χ2n) is 6.36. The molecule has 0 aliphatic heterocycles. The predicted molar refractivity (Wildman–Crippen MR) is 116 cm³/mol. The van der Waals surface area contributed by atoms with E-state index in [1.165, 1.54) is 24.3 Å². The molecule has 0 saturated heterocycles. The summed E-state index contributed by atoms with van der Waals surface area (Å²) in [6, 6.07) is 20.3. The molecular formula is C22H21N3O5S. The molecule has 0 aliphatic rings. The summed E-state index contributed by atoms with van der Waals surface area (Å²) in [7, 11) is -3.79. The van der Waals surface area contributed by atoms with E-state index in [9.17, 15) is 18.0 Å². The first-order valence-corrected chi connectivity index (χ1v) is 10.9. The summed E-state index contributed by atoms with van der Waals surface area (Å²) in [5.74, 6) is -0.443. The van der Waals surface area contributed by atoms with Gasteiger partial charge in [0, 0.05) is 16.8 Å². The van der Waals surface area contributed by atoms with E-state index in [4.69, 9.17) is 4.74 Å². The zero-order valence-electron chi connectivity index (χ0n) is 16.7. The zero-order chi connectivity index (χ0) is 22.3. The van der Waals surface area contributed by atoms with E-state index in [0.29, 0.717) is 23.6 Å². The number of ether oxygens (including phenoxy) is 1. The molecule has 9 heteroatoms. The number of sulfonamides is 1. The monoisotopic (exact) mass is 439 g/mol. The van der Waals surface area contributed by atoms with Crippen LogP contribution in [0.3, 0.4) is 0 Å². The van der Waals surface area contributed by atoms with Crippen LogP contribution in [-0.4, -0.2) is 26.8 Å². The summed E-state index contributed by atoms with van der Waals surface area (Å²) in [6.45, 7) is 2.38. The van der Waals surface area contributed by atoms with Crippen molar-refractivity contribution in [2.45, 2.75) is 11.8 Å². The van der Waals surface area contributed by atoms with E-state index in [-0.39, 0.29) is 10.5 Å². The highest BCUT2D eigenvalue weighted by atomic mass is 32.2. The number of carbonyl (C=O) groups excluding carboxylic acids is 2. The Morgan fingerprint density at radius 2 is 1.29 bits per heavy atom. The van der Waals surface area contributed by atoms with Gasteiger partial charge in [-0.2, -0.15) is 0 Å². The number of benzene rings is 3. The van der Waals surface area contributed by atoms with Crippen molar-refractivity contribution in [3.63, 3.8) is 0 Å². The fourth-order valence-electron chi connectivity index (χ4n) is 2.63. The molecule has 0 bridgehead atoms. The van der Waals surface area contributed by atoms with Crippen molar-refractivity contribution < 1.29 is 22.7 Å². The van der Waals surface area contributed by atoms with Gasteiger partial charge in [0.05, 0.1) is 11.5 Å². The standard InChI is InChI=1S/C22H21N3O5S/c1-2-30-19-12-8-16(9-13-19)21(26)23-24-22(27)17-10-14-20(15-11-17)31(28,29)25-18-6-4-3-5-7-18/h3-15,25H,2H2,1H3,(H,23,26)(H,24,27). The Kier molecular flexibility index (Phi) is 6.88. The van der Waals surface area contributed by atoms with E-state index >= 15 is 0 Å². The number of para-hydroxylation sites is 1. The predicted octanol–water partition coefficient (Wildman–Crippen LogP) is 2.96. The van der Waals surface area contributed by atoms with Gasteiger partial charge in [0.25, 0.3) is 21.8 Å². The molecule has 160 valence electrons. The van der Waals surface area contributed by atoms with E-state index < -0.39 is 21.8 Å². The van der Waals surface area contributed by atoms with Crippen molar-refractivity contribution >= 4 is 27.5 Å². The van der Waals surface area contributed by atoms with Gasteiger partial charge in [-0.3, -0.25) is 25.2 Å². The number of hydrogen-bond donors (Lipinski definition) is 3. The molecule has 0 spiro atoms. The van der Waals surface area contributed by atoms with E-state index in [1.54, 1.807) is 54.6 Å². The van der Waals surface area contributed by atoms with Gasteiger partial charge in [-0.1, -0.05) is 18.2 Å². The van der Waals surface area contributed by atoms with Crippen LogP contribution in [0, 0.1) is 0 Å². The molecular weight excluding hydrogens is 418 g/mol. The third-order valence-corrected chi connectivity index (χ3v) is 5.57.